The van der Waals surface area contributed by atoms with E-state index in [0.717, 1.165) is 32.1 Å². The number of carbonyl (C=O) groups is 1. The maximum Gasteiger partial charge on any atom is 0.407 e. The van der Waals surface area contributed by atoms with Gasteiger partial charge in [-0.05, 0) is 19.3 Å². The van der Waals surface area contributed by atoms with E-state index < -0.39 is 6.09 Å². The van der Waals surface area contributed by atoms with E-state index in [-0.39, 0.29) is 12.1 Å². The lowest BCUT2D eigenvalue weighted by Gasteiger charge is -2.27. The lowest BCUT2D eigenvalue weighted by atomic mass is 10.1. The SMILES string of the molecule is CC[C@@H](O)CNCC1CCCCCN1C(=O)O. The molecule has 1 heterocycles. The number of aliphatic hydroxyl groups is 1. The fourth-order valence-electron chi connectivity index (χ4n) is 2.20. The van der Waals surface area contributed by atoms with Crippen LogP contribution < -0.4 is 5.32 Å². The minimum atomic E-state index is -0.824. The Morgan fingerprint density at radius 3 is 2.88 bits per heavy atom. The van der Waals surface area contributed by atoms with E-state index >= 15 is 0 Å². The normalized spacial score (nSPS) is 23.2. The van der Waals surface area contributed by atoms with Gasteiger partial charge in [0.05, 0.1) is 6.10 Å². The highest BCUT2D eigenvalue weighted by atomic mass is 16.4. The lowest BCUT2D eigenvalue weighted by molar-refractivity contribution is 0.121. The second kappa shape index (κ2) is 7.50. The van der Waals surface area contributed by atoms with E-state index in [0.29, 0.717) is 19.6 Å². The molecule has 5 nitrogen and oxygen atoms in total. The molecule has 0 aromatic heterocycles. The fraction of sp³-hybridized carbons (Fsp3) is 0.917. The summed E-state index contributed by atoms with van der Waals surface area (Å²) in [6.45, 7) is 3.75. The highest BCUT2D eigenvalue weighted by Crippen LogP contribution is 2.16. The van der Waals surface area contributed by atoms with Gasteiger partial charge < -0.3 is 20.4 Å². The van der Waals surface area contributed by atoms with Crippen LogP contribution in [0.2, 0.25) is 0 Å². The second-order valence-corrected chi connectivity index (χ2v) is 4.70. The average Bonchev–Trinajstić information content (AvgIpc) is 2.54. The van der Waals surface area contributed by atoms with Gasteiger partial charge in [-0.1, -0.05) is 19.8 Å². The standard InChI is InChI=1S/C12H24N2O3/c1-2-11(15)9-13-8-10-6-4-3-5-7-14(10)12(16)17/h10-11,13,15H,2-9H2,1H3,(H,16,17)/t10?,11-/m1/s1. The molecule has 2 atom stereocenters. The van der Waals surface area contributed by atoms with Crippen LogP contribution in [0.1, 0.15) is 39.0 Å². The molecule has 1 saturated heterocycles. The van der Waals surface area contributed by atoms with Gasteiger partial charge in [-0.2, -0.15) is 0 Å². The molecule has 5 heteroatoms. The number of amides is 1. The summed E-state index contributed by atoms with van der Waals surface area (Å²) in [4.78, 5) is 12.7. The van der Waals surface area contributed by atoms with E-state index in [9.17, 15) is 9.90 Å². The first-order valence-corrected chi connectivity index (χ1v) is 6.53. The zero-order valence-corrected chi connectivity index (χ0v) is 10.6. The molecule has 1 amide bonds. The van der Waals surface area contributed by atoms with Crippen LogP contribution in [0.3, 0.4) is 0 Å². The van der Waals surface area contributed by atoms with E-state index in [1.54, 1.807) is 4.90 Å². The maximum atomic E-state index is 11.1. The van der Waals surface area contributed by atoms with E-state index in [2.05, 4.69) is 5.32 Å². The van der Waals surface area contributed by atoms with Crippen LogP contribution in [0.15, 0.2) is 0 Å². The monoisotopic (exact) mass is 244 g/mol. The molecule has 1 fully saturated rings. The predicted molar refractivity (Wildman–Crippen MR) is 66.2 cm³/mol. The van der Waals surface area contributed by atoms with Crippen LogP contribution in [-0.2, 0) is 0 Å². The molecule has 100 valence electrons. The zero-order chi connectivity index (χ0) is 12.7. The van der Waals surface area contributed by atoms with Crippen LogP contribution in [0.25, 0.3) is 0 Å². The van der Waals surface area contributed by atoms with Gasteiger partial charge in [-0.25, -0.2) is 4.79 Å². The Morgan fingerprint density at radius 2 is 2.24 bits per heavy atom. The topological polar surface area (TPSA) is 72.8 Å². The van der Waals surface area contributed by atoms with Crippen molar-refractivity contribution in [3.05, 3.63) is 0 Å². The molecule has 0 bridgehead atoms. The summed E-state index contributed by atoms with van der Waals surface area (Å²) in [5, 5.41) is 21.7. The molecule has 0 saturated carbocycles. The molecule has 3 N–H and O–H groups in total. The molecule has 1 aliphatic heterocycles. The molecule has 17 heavy (non-hydrogen) atoms. The van der Waals surface area contributed by atoms with Crippen molar-refractivity contribution in [2.45, 2.75) is 51.2 Å². The third kappa shape index (κ3) is 4.91. The van der Waals surface area contributed by atoms with Crippen molar-refractivity contribution in [1.82, 2.24) is 10.2 Å². The summed E-state index contributed by atoms with van der Waals surface area (Å²) < 4.78 is 0. The smallest absolute Gasteiger partial charge is 0.407 e. The highest BCUT2D eigenvalue weighted by molar-refractivity contribution is 5.65. The Morgan fingerprint density at radius 1 is 1.47 bits per heavy atom. The first-order chi connectivity index (χ1) is 8.15. The van der Waals surface area contributed by atoms with Crippen LogP contribution in [0.4, 0.5) is 4.79 Å². The van der Waals surface area contributed by atoms with Crippen molar-refractivity contribution in [1.29, 1.82) is 0 Å². The number of rotatable bonds is 5. The number of nitrogens with zero attached hydrogens (tertiary/aromatic N) is 1. The van der Waals surface area contributed by atoms with Gasteiger partial charge in [0, 0.05) is 25.7 Å². The summed E-state index contributed by atoms with van der Waals surface area (Å²) in [5.41, 5.74) is 0. The number of hydrogen-bond donors (Lipinski definition) is 3. The lowest BCUT2D eigenvalue weighted by Crippen LogP contribution is -2.46. The number of aliphatic hydroxyl groups excluding tert-OH is 1. The van der Waals surface area contributed by atoms with E-state index in [4.69, 9.17) is 5.11 Å². The Hall–Kier alpha value is -0.810. The predicted octanol–water partition coefficient (Wildman–Crippen LogP) is 1.27. The molecule has 0 aromatic rings. The molecule has 1 unspecified atom stereocenters. The van der Waals surface area contributed by atoms with Gasteiger partial charge in [-0.3, -0.25) is 0 Å². The summed E-state index contributed by atoms with van der Waals surface area (Å²) in [5.74, 6) is 0. The average molecular weight is 244 g/mol. The summed E-state index contributed by atoms with van der Waals surface area (Å²) in [6.07, 6.45) is 3.64. The molecule has 0 aliphatic carbocycles. The Kier molecular flexibility index (Phi) is 6.29. The molecule has 0 aromatic carbocycles. The van der Waals surface area contributed by atoms with Gasteiger partial charge >= 0.3 is 6.09 Å². The third-order valence-electron chi connectivity index (χ3n) is 3.35. The van der Waals surface area contributed by atoms with E-state index in [1.165, 1.54) is 0 Å². The Bertz CT molecular complexity index is 236. The minimum absolute atomic E-state index is 0.0547. The number of hydrogen-bond acceptors (Lipinski definition) is 3. The van der Waals surface area contributed by atoms with Crippen LogP contribution in [0.5, 0.6) is 0 Å². The van der Waals surface area contributed by atoms with Crippen LogP contribution >= 0.6 is 0 Å². The molecule has 1 rings (SSSR count). The van der Waals surface area contributed by atoms with Crippen LogP contribution in [0, 0.1) is 0 Å². The van der Waals surface area contributed by atoms with Gasteiger partial charge in [0.15, 0.2) is 0 Å². The zero-order valence-electron chi connectivity index (χ0n) is 10.6. The first-order valence-electron chi connectivity index (χ1n) is 6.53. The van der Waals surface area contributed by atoms with Gasteiger partial charge in [0.25, 0.3) is 0 Å². The van der Waals surface area contributed by atoms with Crippen molar-refractivity contribution < 1.29 is 15.0 Å². The Balaban J connectivity index is 2.38. The first kappa shape index (κ1) is 14.3. The van der Waals surface area contributed by atoms with Gasteiger partial charge in [-0.15, -0.1) is 0 Å². The minimum Gasteiger partial charge on any atom is -0.465 e. The maximum absolute atomic E-state index is 11.1. The van der Waals surface area contributed by atoms with Crippen molar-refractivity contribution in [2.75, 3.05) is 19.6 Å². The Labute approximate surface area is 103 Å². The molecular formula is C12H24N2O3. The summed E-state index contributed by atoms with van der Waals surface area (Å²) in [7, 11) is 0. The number of carboxylic acid groups (broad SMARTS) is 1. The van der Waals surface area contributed by atoms with Crippen LogP contribution in [-0.4, -0.2) is 53.0 Å². The van der Waals surface area contributed by atoms with E-state index in [1.807, 2.05) is 6.92 Å². The van der Waals surface area contributed by atoms with Gasteiger partial charge in [0.1, 0.15) is 0 Å². The van der Waals surface area contributed by atoms with Crippen molar-refractivity contribution >= 4 is 6.09 Å². The largest absolute Gasteiger partial charge is 0.465 e. The quantitative estimate of drug-likeness (QED) is 0.681. The molecule has 0 radical (unpaired) electrons. The molecular weight excluding hydrogens is 220 g/mol. The fourth-order valence-corrected chi connectivity index (χ4v) is 2.20. The molecule has 1 aliphatic rings. The van der Waals surface area contributed by atoms with Crippen molar-refractivity contribution in [3.63, 3.8) is 0 Å². The van der Waals surface area contributed by atoms with Crippen molar-refractivity contribution in [2.24, 2.45) is 0 Å². The third-order valence-corrected chi connectivity index (χ3v) is 3.35. The van der Waals surface area contributed by atoms with Crippen molar-refractivity contribution in [3.8, 4) is 0 Å². The molecule has 0 spiro atoms. The van der Waals surface area contributed by atoms with Gasteiger partial charge in [0.2, 0.25) is 0 Å². The summed E-state index contributed by atoms with van der Waals surface area (Å²) in [6, 6.07) is 0.0547. The highest BCUT2D eigenvalue weighted by Gasteiger charge is 2.24. The number of likely N-dealkylation sites (tertiary alicyclic amines) is 1. The summed E-state index contributed by atoms with van der Waals surface area (Å²) >= 11 is 0. The second-order valence-electron chi connectivity index (χ2n) is 4.70. The number of nitrogens with one attached hydrogen (secondary N) is 1.